The average molecular weight is 400 g/mol. The summed E-state index contributed by atoms with van der Waals surface area (Å²) in [4.78, 5) is 25.8. The summed E-state index contributed by atoms with van der Waals surface area (Å²) in [5, 5.41) is 0. The molecule has 3 rings (SSSR count). The van der Waals surface area contributed by atoms with Crippen molar-refractivity contribution in [3.63, 3.8) is 0 Å². The molecule has 0 spiro atoms. The summed E-state index contributed by atoms with van der Waals surface area (Å²) < 4.78 is 5.97. The van der Waals surface area contributed by atoms with E-state index < -0.39 is 5.97 Å². The molecule has 0 radical (unpaired) electrons. The zero-order valence-electron chi connectivity index (χ0n) is 13.7. The molecule has 5 heteroatoms. The largest absolute Gasteiger partial charge is 0.452 e. The Kier molecular flexibility index (Phi) is 5.66. The molecule has 0 bridgehead atoms. The van der Waals surface area contributed by atoms with Gasteiger partial charge in [-0.25, -0.2) is 4.79 Å². The number of carbonyl (C=O) groups is 2. The summed E-state index contributed by atoms with van der Waals surface area (Å²) in [7, 11) is 0. The minimum absolute atomic E-state index is 0.169. The van der Waals surface area contributed by atoms with Gasteiger partial charge in [0.2, 0.25) is 0 Å². The first-order valence-electron chi connectivity index (χ1n) is 8.07. The summed E-state index contributed by atoms with van der Waals surface area (Å²) in [6.45, 7) is 0.987. The Labute approximate surface area is 155 Å². The topological polar surface area (TPSA) is 46.6 Å². The van der Waals surface area contributed by atoms with Crippen LogP contribution in [0, 0.1) is 0 Å². The van der Waals surface area contributed by atoms with E-state index in [9.17, 15) is 9.59 Å². The first kappa shape index (κ1) is 17.4. The number of carbonyl (C=O) groups excluding carboxylic acids is 2. The van der Waals surface area contributed by atoms with Crippen molar-refractivity contribution < 1.29 is 14.3 Å². The molecule has 1 aliphatic heterocycles. The van der Waals surface area contributed by atoms with Crippen molar-refractivity contribution in [1.29, 1.82) is 0 Å². The fourth-order valence-electron chi connectivity index (χ4n) is 2.75. The molecular formula is C20H18BrNO3. The van der Waals surface area contributed by atoms with Crippen LogP contribution in [0.5, 0.6) is 0 Å². The lowest BCUT2D eigenvalue weighted by molar-refractivity contribution is -0.148. The summed E-state index contributed by atoms with van der Waals surface area (Å²) in [6.07, 6.45) is 3.82. The van der Waals surface area contributed by atoms with Crippen molar-refractivity contribution in [3.05, 3.63) is 75.8 Å². The second-order valence-corrected chi connectivity index (χ2v) is 6.65. The number of nitrogens with zero attached hydrogens (tertiary/aromatic N) is 1. The maximum Gasteiger partial charge on any atom is 0.331 e. The second-order valence-electron chi connectivity index (χ2n) is 5.80. The van der Waals surface area contributed by atoms with E-state index >= 15 is 0 Å². The third kappa shape index (κ3) is 4.57. The molecule has 0 atom stereocenters. The molecule has 0 N–H and O–H groups in total. The number of hydrogen-bond acceptors (Lipinski definition) is 3. The molecule has 2 aromatic rings. The van der Waals surface area contributed by atoms with Gasteiger partial charge in [0.05, 0.1) is 0 Å². The van der Waals surface area contributed by atoms with Crippen LogP contribution in [0.25, 0.3) is 6.08 Å². The highest BCUT2D eigenvalue weighted by atomic mass is 79.9. The van der Waals surface area contributed by atoms with E-state index in [0.717, 1.165) is 22.0 Å². The van der Waals surface area contributed by atoms with E-state index in [1.54, 1.807) is 11.0 Å². The third-order valence-corrected chi connectivity index (χ3v) is 4.85. The Balaban J connectivity index is 1.51. The molecule has 0 saturated carbocycles. The number of halogens is 1. The molecule has 0 aromatic heterocycles. The fraction of sp³-hybridized carbons (Fsp3) is 0.200. The molecule has 1 amide bonds. The van der Waals surface area contributed by atoms with Crippen molar-refractivity contribution in [1.82, 2.24) is 4.90 Å². The number of esters is 1. The number of fused-ring (bicyclic) bond motifs is 1. The highest BCUT2D eigenvalue weighted by Crippen LogP contribution is 2.19. The SMILES string of the molecule is O=C(/C=C/c1ccccc1Br)OCC(=O)N1CCc2ccccc2C1. The standard InChI is InChI=1S/C20H18BrNO3/c21-18-8-4-3-6-16(18)9-10-20(24)25-14-19(23)22-12-11-15-5-1-2-7-17(15)13-22/h1-10H,11-14H2/b10-9+. The van der Waals surface area contributed by atoms with E-state index in [2.05, 4.69) is 22.0 Å². The lowest BCUT2D eigenvalue weighted by Gasteiger charge is -2.28. The molecule has 2 aromatic carbocycles. The van der Waals surface area contributed by atoms with Gasteiger partial charge in [0.1, 0.15) is 0 Å². The Hall–Kier alpha value is -2.40. The Morgan fingerprint density at radius 2 is 1.80 bits per heavy atom. The lowest BCUT2D eigenvalue weighted by Crippen LogP contribution is -2.38. The van der Waals surface area contributed by atoms with Crippen molar-refractivity contribution in [2.24, 2.45) is 0 Å². The average Bonchev–Trinajstić information content (AvgIpc) is 2.65. The fourth-order valence-corrected chi connectivity index (χ4v) is 3.17. The Bertz CT molecular complexity index is 816. The van der Waals surface area contributed by atoms with Gasteiger partial charge < -0.3 is 9.64 Å². The highest BCUT2D eigenvalue weighted by molar-refractivity contribution is 9.10. The van der Waals surface area contributed by atoms with Crippen LogP contribution in [0.3, 0.4) is 0 Å². The van der Waals surface area contributed by atoms with Crippen LogP contribution < -0.4 is 0 Å². The van der Waals surface area contributed by atoms with Gasteiger partial charge in [-0.2, -0.15) is 0 Å². The van der Waals surface area contributed by atoms with E-state index in [4.69, 9.17) is 4.74 Å². The molecule has 0 unspecified atom stereocenters. The van der Waals surface area contributed by atoms with Crippen LogP contribution in [0.15, 0.2) is 59.1 Å². The van der Waals surface area contributed by atoms with Crippen molar-refractivity contribution >= 4 is 33.9 Å². The van der Waals surface area contributed by atoms with Gasteiger partial charge in [0.15, 0.2) is 6.61 Å². The molecule has 1 aliphatic rings. The van der Waals surface area contributed by atoms with Crippen LogP contribution in [0.1, 0.15) is 16.7 Å². The number of ether oxygens (including phenoxy) is 1. The van der Waals surface area contributed by atoms with Gasteiger partial charge in [-0.3, -0.25) is 4.79 Å². The molecular weight excluding hydrogens is 382 g/mol. The molecule has 1 heterocycles. The predicted octanol–water partition coefficient (Wildman–Crippen LogP) is 3.59. The van der Waals surface area contributed by atoms with Gasteiger partial charge in [-0.1, -0.05) is 58.4 Å². The number of hydrogen-bond donors (Lipinski definition) is 0. The Morgan fingerprint density at radius 1 is 1.08 bits per heavy atom. The summed E-state index contributed by atoms with van der Waals surface area (Å²) in [5.41, 5.74) is 3.31. The van der Waals surface area contributed by atoms with Crippen LogP contribution >= 0.6 is 15.9 Å². The molecule has 128 valence electrons. The maximum absolute atomic E-state index is 12.3. The van der Waals surface area contributed by atoms with E-state index in [-0.39, 0.29) is 12.5 Å². The van der Waals surface area contributed by atoms with Gasteiger partial charge in [-0.05, 0) is 35.3 Å². The van der Waals surface area contributed by atoms with Crippen LogP contribution in [0.4, 0.5) is 0 Å². The van der Waals surface area contributed by atoms with E-state index in [1.165, 1.54) is 11.6 Å². The predicted molar refractivity (Wildman–Crippen MR) is 99.7 cm³/mol. The summed E-state index contributed by atoms with van der Waals surface area (Å²) in [5.74, 6) is -0.696. The van der Waals surface area contributed by atoms with Crippen molar-refractivity contribution in [2.45, 2.75) is 13.0 Å². The molecule has 4 nitrogen and oxygen atoms in total. The summed E-state index contributed by atoms with van der Waals surface area (Å²) >= 11 is 3.41. The van der Waals surface area contributed by atoms with Gasteiger partial charge in [0, 0.05) is 23.6 Å². The maximum atomic E-state index is 12.3. The first-order chi connectivity index (χ1) is 12.1. The Morgan fingerprint density at radius 3 is 2.60 bits per heavy atom. The first-order valence-corrected chi connectivity index (χ1v) is 8.87. The second kappa shape index (κ2) is 8.12. The van der Waals surface area contributed by atoms with Gasteiger partial charge in [-0.15, -0.1) is 0 Å². The third-order valence-electron chi connectivity index (χ3n) is 4.13. The van der Waals surface area contributed by atoms with Crippen molar-refractivity contribution in [3.8, 4) is 0 Å². The normalized spacial score (nSPS) is 13.6. The molecule has 0 aliphatic carbocycles. The zero-order chi connectivity index (χ0) is 17.6. The smallest absolute Gasteiger partial charge is 0.331 e. The molecule has 25 heavy (non-hydrogen) atoms. The number of amides is 1. The monoisotopic (exact) mass is 399 g/mol. The van der Waals surface area contributed by atoms with E-state index in [1.807, 2.05) is 42.5 Å². The van der Waals surface area contributed by atoms with Gasteiger partial charge in [0.25, 0.3) is 5.91 Å². The van der Waals surface area contributed by atoms with Crippen LogP contribution in [0.2, 0.25) is 0 Å². The van der Waals surface area contributed by atoms with E-state index in [0.29, 0.717) is 13.1 Å². The molecule has 0 saturated heterocycles. The van der Waals surface area contributed by atoms with Gasteiger partial charge >= 0.3 is 5.97 Å². The summed E-state index contributed by atoms with van der Waals surface area (Å²) in [6, 6.07) is 15.6. The molecule has 0 fully saturated rings. The number of benzene rings is 2. The minimum Gasteiger partial charge on any atom is -0.452 e. The minimum atomic E-state index is -0.526. The highest BCUT2D eigenvalue weighted by Gasteiger charge is 2.20. The lowest BCUT2D eigenvalue weighted by atomic mass is 10.00. The van der Waals surface area contributed by atoms with Crippen molar-refractivity contribution in [2.75, 3.05) is 13.2 Å². The zero-order valence-corrected chi connectivity index (χ0v) is 15.2. The quantitative estimate of drug-likeness (QED) is 0.582. The van der Waals surface area contributed by atoms with Crippen LogP contribution in [-0.4, -0.2) is 29.9 Å². The number of rotatable bonds is 4. The van der Waals surface area contributed by atoms with Crippen LogP contribution in [-0.2, 0) is 27.3 Å².